The molecule has 1 aliphatic heterocycles. The Morgan fingerprint density at radius 2 is 1.97 bits per heavy atom. The van der Waals surface area contributed by atoms with Gasteiger partial charge in [-0.05, 0) is 68.7 Å². The molecule has 0 bridgehead atoms. The third kappa shape index (κ3) is 5.20. The van der Waals surface area contributed by atoms with Crippen LogP contribution in [-0.2, 0) is 11.2 Å². The van der Waals surface area contributed by atoms with Crippen LogP contribution < -0.4 is 9.47 Å². The van der Waals surface area contributed by atoms with Crippen molar-refractivity contribution >= 4 is 17.3 Å². The lowest BCUT2D eigenvalue weighted by atomic mass is 9.99. The van der Waals surface area contributed by atoms with E-state index >= 15 is 0 Å². The highest BCUT2D eigenvalue weighted by Crippen LogP contribution is 2.39. The maximum absolute atomic E-state index is 14.5. The van der Waals surface area contributed by atoms with Crippen molar-refractivity contribution in [1.82, 2.24) is 15.1 Å². The third-order valence-corrected chi connectivity index (χ3v) is 6.78. The minimum atomic E-state index is -0.772. The van der Waals surface area contributed by atoms with Gasteiger partial charge in [-0.15, -0.1) is 10.2 Å². The topological polar surface area (TPSA) is 84.8 Å². The van der Waals surface area contributed by atoms with Crippen LogP contribution in [0, 0.1) is 18.7 Å². The number of methoxy groups -OCH3 is 1. The summed E-state index contributed by atoms with van der Waals surface area (Å²) < 4.78 is 26.0. The van der Waals surface area contributed by atoms with E-state index in [9.17, 15) is 9.18 Å². The van der Waals surface area contributed by atoms with E-state index in [1.807, 2.05) is 43.9 Å². The molecule has 7 nitrogen and oxygen atoms in total. The normalized spacial score (nSPS) is 14.3. The molecule has 0 spiro atoms. The minimum absolute atomic E-state index is 0.0898. The van der Waals surface area contributed by atoms with Crippen LogP contribution in [0.5, 0.6) is 11.5 Å². The van der Waals surface area contributed by atoms with Crippen LogP contribution in [-0.4, -0.2) is 59.0 Å². The fourth-order valence-corrected chi connectivity index (χ4v) is 4.89. The average Bonchev–Trinajstić information content (AvgIpc) is 3.23. The molecule has 3 aromatic rings. The van der Waals surface area contributed by atoms with Crippen LogP contribution in [0.3, 0.4) is 0 Å². The fourth-order valence-electron chi connectivity index (χ4n) is 4.04. The van der Waals surface area contributed by atoms with E-state index < -0.39 is 5.97 Å². The SMILES string of the molecule is COc1c(CCN2CC(C(=O)O)C2)cc(F)cc1-c1nnc(-c2ccc(OC(C)C)c(C)c2)s1. The molecule has 9 heteroatoms. The molecular formula is C25H28FN3O4S. The molecule has 0 amide bonds. The van der Waals surface area contributed by atoms with Gasteiger partial charge in [0.05, 0.1) is 24.7 Å². The summed E-state index contributed by atoms with van der Waals surface area (Å²) in [4.78, 5) is 13.1. The number of rotatable bonds is 9. The lowest BCUT2D eigenvalue weighted by Gasteiger charge is -2.36. The molecule has 4 rings (SSSR count). The van der Waals surface area contributed by atoms with Gasteiger partial charge in [-0.25, -0.2) is 4.39 Å². The molecule has 0 atom stereocenters. The number of hydrogen-bond acceptors (Lipinski definition) is 7. The first-order chi connectivity index (χ1) is 16.2. The molecule has 0 aliphatic carbocycles. The zero-order chi connectivity index (χ0) is 24.4. The summed E-state index contributed by atoms with van der Waals surface area (Å²) in [5, 5.41) is 19.0. The predicted octanol–water partition coefficient (Wildman–Crippen LogP) is 4.67. The van der Waals surface area contributed by atoms with Crippen molar-refractivity contribution in [3.05, 3.63) is 47.3 Å². The summed E-state index contributed by atoms with van der Waals surface area (Å²) in [6.45, 7) is 7.62. The highest BCUT2D eigenvalue weighted by atomic mass is 32.1. The van der Waals surface area contributed by atoms with Crippen molar-refractivity contribution in [3.63, 3.8) is 0 Å². The van der Waals surface area contributed by atoms with Crippen LogP contribution in [0.1, 0.15) is 25.0 Å². The highest BCUT2D eigenvalue weighted by Gasteiger charge is 2.32. The number of carboxylic acids is 1. The second-order valence-corrected chi connectivity index (χ2v) is 9.73. The summed E-state index contributed by atoms with van der Waals surface area (Å²) in [6.07, 6.45) is 0.634. The van der Waals surface area contributed by atoms with Gasteiger partial charge < -0.3 is 19.5 Å². The second kappa shape index (κ2) is 10.1. The predicted molar refractivity (Wildman–Crippen MR) is 129 cm³/mol. The zero-order valence-electron chi connectivity index (χ0n) is 19.7. The Bertz CT molecular complexity index is 1190. The van der Waals surface area contributed by atoms with Crippen LogP contribution in [0.4, 0.5) is 4.39 Å². The Balaban J connectivity index is 1.55. The van der Waals surface area contributed by atoms with E-state index in [4.69, 9.17) is 14.6 Å². The zero-order valence-corrected chi connectivity index (χ0v) is 20.5. The van der Waals surface area contributed by atoms with Crippen molar-refractivity contribution in [2.24, 2.45) is 5.92 Å². The van der Waals surface area contributed by atoms with Crippen molar-refractivity contribution in [2.45, 2.75) is 33.3 Å². The van der Waals surface area contributed by atoms with Gasteiger partial charge in [0, 0.05) is 25.2 Å². The van der Waals surface area contributed by atoms with Gasteiger partial charge in [0.1, 0.15) is 22.3 Å². The largest absolute Gasteiger partial charge is 0.496 e. The van der Waals surface area contributed by atoms with Crippen LogP contribution in [0.25, 0.3) is 21.1 Å². The number of likely N-dealkylation sites (tertiary alicyclic amines) is 1. The first-order valence-electron chi connectivity index (χ1n) is 11.2. The van der Waals surface area contributed by atoms with Crippen molar-refractivity contribution in [2.75, 3.05) is 26.7 Å². The molecule has 180 valence electrons. The van der Waals surface area contributed by atoms with Crippen LogP contribution in [0.2, 0.25) is 0 Å². The van der Waals surface area contributed by atoms with E-state index in [2.05, 4.69) is 10.2 Å². The van der Waals surface area contributed by atoms with Gasteiger partial charge in [0.25, 0.3) is 0 Å². The number of aryl methyl sites for hydroxylation is 1. The summed E-state index contributed by atoms with van der Waals surface area (Å²) in [6, 6.07) is 8.77. The molecule has 1 N–H and O–H groups in total. The lowest BCUT2D eigenvalue weighted by Crippen LogP contribution is -2.50. The van der Waals surface area contributed by atoms with E-state index in [0.29, 0.717) is 42.4 Å². The Kier molecular flexibility index (Phi) is 7.13. The van der Waals surface area contributed by atoms with Gasteiger partial charge in [-0.3, -0.25) is 4.79 Å². The lowest BCUT2D eigenvalue weighted by molar-refractivity contribution is -0.147. The van der Waals surface area contributed by atoms with E-state index in [0.717, 1.165) is 27.4 Å². The average molecular weight is 486 g/mol. The molecule has 34 heavy (non-hydrogen) atoms. The Hall–Kier alpha value is -3.04. The number of benzene rings is 2. The molecule has 0 unspecified atom stereocenters. The van der Waals surface area contributed by atoms with Gasteiger partial charge in [-0.2, -0.15) is 0 Å². The van der Waals surface area contributed by atoms with Gasteiger partial charge in [0.2, 0.25) is 0 Å². The van der Waals surface area contributed by atoms with Gasteiger partial charge >= 0.3 is 5.97 Å². The summed E-state index contributed by atoms with van der Waals surface area (Å²) in [5.41, 5.74) is 3.20. The number of nitrogens with zero attached hydrogens (tertiary/aromatic N) is 3. The minimum Gasteiger partial charge on any atom is -0.496 e. The molecular weight excluding hydrogens is 457 g/mol. The van der Waals surface area contributed by atoms with Crippen molar-refractivity contribution < 1.29 is 23.8 Å². The molecule has 2 aromatic carbocycles. The number of halogens is 1. The maximum atomic E-state index is 14.5. The number of carbonyl (C=O) groups is 1. The maximum Gasteiger partial charge on any atom is 0.309 e. The molecule has 1 aromatic heterocycles. The number of aliphatic carboxylic acids is 1. The van der Waals surface area contributed by atoms with E-state index in [-0.39, 0.29) is 17.8 Å². The summed E-state index contributed by atoms with van der Waals surface area (Å²) in [7, 11) is 1.56. The first-order valence-corrected chi connectivity index (χ1v) is 12.0. The summed E-state index contributed by atoms with van der Waals surface area (Å²) >= 11 is 1.37. The first kappa shape index (κ1) is 24.1. The monoisotopic (exact) mass is 485 g/mol. The molecule has 0 saturated carbocycles. The second-order valence-electron chi connectivity index (χ2n) is 8.75. The number of aromatic nitrogens is 2. The molecule has 1 saturated heterocycles. The van der Waals surface area contributed by atoms with Crippen molar-refractivity contribution in [3.8, 4) is 32.6 Å². The number of carboxylic acid groups (broad SMARTS) is 1. The highest BCUT2D eigenvalue weighted by molar-refractivity contribution is 7.18. The fraction of sp³-hybridized carbons (Fsp3) is 0.400. The smallest absolute Gasteiger partial charge is 0.309 e. The Morgan fingerprint density at radius 1 is 1.24 bits per heavy atom. The number of hydrogen-bond donors (Lipinski definition) is 1. The van der Waals surface area contributed by atoms with Crippen molar-refractivity contribution in [1.29, 1.82) is 0 Å². The molecule has 1 aliphatic rings. The quantitative estimate of drug-likeness (QED) is 0.471. The molecule has 2 heterocycles. The molecule has 1 fully saturated rings. The van der Waals surface area contributed by atoms with Gasteiger partial charge in [0.15, 0.2) is 5.01 Å². The Labute approximate surface area is 202 Å². The number of ether oxygens (including phenoxy) is 2. The third-order valence-electron chi connectivity index (χ3n) is 5.78. The summed E-state index contributed by atoms with van der Waals surface area (Å²) in [5.74, 6) is -0.0701. The molecule has 0 radical (unpaired) electrons. The Morgan fingerprint density at radius 3 is 2.62 bits per heavy atom. The van der Waals surface area contributed by atoms with Gasteiger partial charge in [-0.1, -0.05) is 11.3 Å². The van der Waals surface area contributed by atoms with Crippen LogP contribution in [0.15, 0.2) is 30.3 Å². The standard InChI is InChI=1S/C25H28FN3O4S/c1-14(2)33-21-6-5-17(9-15(21)3)23-27-28-24(34-23)20-11-19(26)10-16(22(20)32-4)7-8-29-12-18(13-29)25(30)31/h5-6,9-11,14,18H,7-8,12-13H2,1-4H3,(H,30,31). The van der Waals surface area contributed by atoms with E-state index in [1.54, 1.807) is 7.11 Å². The van der Waals surface area contributed by atoms with Crippen LogP contribution >= 0.6 is 11.3 Å². The van der Waals surface area contributed by atoms with E-state index in [1.165, 1.54) is 23.5 Å².